The molecule has 2 saturated heterocycles. The second-order valence-electron chi connectivity index (χ2n) is 7.12. The molecule has 150 valence electrons. The van der Waals surface area contributed by atoms with Gasteiger partial charge in [0.05, 0.1) is 35.3 Å². The SMILES string of the molecule is CN(C(=O)c1cc(-c2ccccn2)c(N2CCOCC2)s1)C1CCS(=O)(=O)C1. The van der Waals surface area contributed by atoms with Crippen LogP contribution in [0.3, 0.4) is 0 Å². The molecule has 2 aromatic rings. The van der Waals surface area contributed by atoms with Crippen LogP contribution in [0.25, 0.3) is 11.3 Å². The van der Waals surface area contributed by atoms with Crippen LogP contribution in [0.4, 0.5) is 5.00 Å². The Hall–Kier alpha value is -1.97. The van der Waals surface area contributed by atoms with Crippen molar-refractivity contribution in [1.29, 1.82) is 0 Å². The Morgan fingerprint density at radius 3 is 2.75 bits per heavy atom. The number of nitrogens with zero attached hydrogens (tertiary/aromatic N) is 3. The van der Waals surface area contributed by atoms with E-state index in [0.717, 1.165) is 29.3 Å². The topological polar surface area (TPSA) is 79.8 Å². The Morgan fingerprint density at radius 2 is 2.11 bits per heavy atom. The quantitative estimate of drug-likeness (QED) is 0.750. The summed E-state index contributed by atoms with van der Waals surface area (Å²) in [6, 6.07) is 7.36. The van der Waals surface area contributed by atoms with Gasteiger partial charge in [-0.25, -0.2) is 8.42 Å². The summed E-state index contributed by atoms with van der Waals surface area (Å²) in [7, 11) is -1.35. The van der Waals surface area contributed by atoms with Gasteiger partial charge in [-0.05, 0) is 24.6 Å². The summed E-state index contributed by atoms with van der Waals surface area (Å²) in [5.41, 5.74) is 1.76. The van der Waals surface area contributed by atoms with Crippen molar-refractivity contribution < 1.29 is 17.9 Å². The maximum Gasteiger partial charge on any atom is 0.264 e. The van der Waals surface area contributed by atoms with E-state index in [0.29, 0.717) is 24.5 Å². The van der Waals surface area contributed by atoms with Crippen molar-refractivity contribution in [2.45, 2.75) is 12.5 Å². The molecule has 4 rings (SSSR count). The zero-order valence-corrected chi connectivity index (χ0v) is 17.3. The van der Waals surface area contributed by atoms with Gasteiger partial charge in [-0.1, -0.05) is 6.07 Å². The van der Waals surface area contributed by atoms with E-state index in [1.54, 1.807) is 18.1 Å². The van der Waals surface area contributed by atoms with Gasteiger partial charge in [-0.3, -0.25) is 9.78 Å². The van der Waals surface area contributed by atoms with E-state index in [4.69, 9.17) is 4.74 Å². The molecule has 2 aliphatic rings. The molecule has 1 amide bonds. The van der Waals surface area contributed by atoms with Gasteiger partial charge in [0.15, 0.2) is 9.84 Å². The fourth-order valence-electron chi connectivity index (χ4n) is 3.61. The van der Waals surface area contributed by atoms with Gasteiger partial charge in [-0.2, -0.15) is 0 Å². The number of ether oxygens (including phenoxy) is 1. The van der Waals surface area contributed by atoms with E-state index < -0.39 is 9.84 Å². The third kappa shape index (κ3) is 3.92. The maximum absolute atomic E-state index is 13.1. The second kappa shape index (κ2) is 7.81. The highest BCUT2D eigenvalue weighted by molar-refractivity contribution is 7.91. The highest BCUT2D eigenvalue weighted by atomic mass is 32.2. The first-order valence-electron chi connectivity index (χ1n) is 9.30. The molecule has 2 aliphatic heterocycles. The number of aromatic nitrogens is 1. The molecule has 7 nitrogen and oxygen atoms in total. The van der Waals surface area contributed by atoms with Crippen molar-refractivity contribution in [2.24, 2.45) is 0 Å². The molecular formula is C19H23N3O4S2. The lowest BCUT2D eigenvalue weighted by atomic mass is 10.1. The Bertz CT molecular complexity index is 953. The van der Waals surface area contributed by atoms with Gasteiger partial charge in [0.1, 0.15) is 5.00 Å². The molecule has 0 radical (unpaired) electrons. The first-order chi connectivity index (χ1) is 13.4. The molecule has 1 unspecified atom stereocenters. The van der Waals surface area contributed by atoms with Crippen LogP contribution in [0.15, 0.2) is 30.5 Å². The van der Waals surface area contributed by atoms with Gasteiger partial charge in [0.25, 0.3) is 5.91 Å². The van der Waals surface area contributed by atoms with Gasteiger partial charge in [0, 0.05) is 37.9 Å². The number of hydrogen-bond acceptors (Lipinski definition) is 7. The summed E-state index contributed by atoms with van der Waals surface area (Å²) >= 11 is 1.45. The van der Waals surface area contributed by atoms with E-state index in [1.165, 1.54) is 11.3 Å². The molecule has 28 heavy (non-hydrogen) atoms. The number of rotatable bonds is 4. The number of carbonyl (C=O) groups excluding carboxylic acids is 1. The molecule has 0 N–H and O–H groups in total. The van der Waals surface area contributed by atoms with E-state index >= 15 is 0 Å². The lowest BCUT2D eigenvalue weighted by Gasteiger charge is -2.28. The van der Waals surface area contributed by atoms with Crippen LogP contribution in [0.5, 0.6) is 0 Å². The smallest absolute Gasteiger partial charge is 0.264 e. The zero-order chi connectivity index (χ0) is 19.7. The fraction of sp³-hybridized carbons (Fsp3) is 0.474. The summed E-state index contributed by atoms with van der Waals surface area (Å²) in [5, 5.41) is 1.01. The molecule has 0 aromatic carbocycles. The lowest BCUT2D eigenvalue weighted by molar-refractivity contribution is 0.0752. The lowest BCUT2D eigenvalue weighted by Crippen LogP contribution is -2.37. The molecule has 9 heteroatoms. The number of sulfone groups is 1. The van der Waals surface area contributed by atoms with Crippen molar-refractivity contribution in [1.82, 2.24) is 9.88 Å². The van der Waals surface area contributed by atoms with Crippen LogP contribution >= 0.6 is 11.3 Å². The summed E-state index contributed by atoms with van der Waals surface area (Å²) in [6.45, 7) is 2.85. The van der Waals surface area contributed by atoms with E-state index in [2.05, 4.69) is 9.88 Å². The van der Waals surface area contributed by atoms with Crippen molar-refractivity contribution in [3.05, 3.63) is 35.3 Å². The minimum atomic E-state index is -3.04. The minimum Gasteiger partial charge on any atom is -0.378 e. The van der Waals surface area contributed by atoms with Crippen molar-refractivity contribution >= 4 is 32.1 Å². The molecule has 0 spiro atoms. The van der Waals surface area contributed by atoms with Crippen LogP contribution in [-0.4, -0.2) is 75.1 Å². The van der Waals surface area contributed by atoms with E-state index in [-0.39, 0.29) is 23.5 Å². The first kappa shape index (κ1) is 19.4. The monoisotopic (exact) mass is 421 g/mol. The largest absolute Gasteiger partial charge is 0.378 e. The predicted octanol–water partition coefficient (Wildman–Crippen LogP) is 1.91. The van der Waals surface area contributed by atoms with Gasteiger partial charge in [0.2, 0.25) is 0 Å². The summed E-state index contributed by atoms with van der Waals surface area (Å²) < 4.78 is 29.0. The van der Waals surface area contributed by atoms with Crippen molar-refractivity contribution in [3.8, 4) is 11.3 Å². The fourth-order valence-corrected chi connectivity index (χ4v) is 6.59. The molecule has 0 aliphatic carbocycles. The van der Waals surface area contributed by atoms with Gasteiger partial charge < -0.3 is 14.5 Å². The standard InChI is InChI=1S/C19H23N3O4S2/c1-21(14-5-11-28(24,25)13-14)18(23)17-12-15(16-4-2-3-6-20-16)19(27-17)22-7-9-26-10-8-22/h2-4,6,12,14H,5,7-11,13H2,1H3. The molecule has 4 heterocycles. The van der Waals surface area contributed by atoms with Crippen LogP contribution < -0.4 is 4.90 Å². The molecule has 0 saturated carbocycles. The number of thiophene rings is 1. The van der Waals surface area contributed by atoms with E-state index in [9.17, 15) is 13.2 Å². The average Bonchev–Trinajstić information content (AvgIpc) is 3.32. The molecule has 2 aromatic heterocycles. The van der Waals surface area contributed by atoms with Crippen molar-refractivity contribution in [3.63, 3.8) is 0 Å². The van der Waals surface area contributed by atoms with Crippen LogP contribution in [0.2, 0.25) is 0 Å². The summed E-state index contributed by atoms with van der Waals surface area (Å²) in [5.74, 6) is 0.0610. The van der Waals surface area contributed by atoms with Crippen molar-refractivity contribution in [2.75, 3.05) is 49.8 Å². The van der Waals surface area contributed by atoms with E-state index in [1.807, 2.05) is 24.3 Å². The minimum absolute atomic E-state index is 0.0457. The highest BCUT2D eigenvalue weighted by Crippen LogP contribution is 2.39. The van der Waals surface area contributed by atoms with Crippen LogP contribution in [-0.2, 0) is 14.6 Å². The first-order valence-corrected chi connectivity index (χ1v) is 11.9. The number of anilines is 1. The van der Waals surface area contributed by atoms with Crippen LogP contribution in [0, 0.1) is 0 Å². The van der Waals surface area contributed by atoms with Crippen LogP contribution in [0.1, 0.15) is 16.1 Å². The Balaban J connectivity index is 1.65. The third-order valence-electron chi connectivity index (χ3n) is 5.24. The number of pyridine rings is 1. The Labute approximate surface area is 168 Å². The summed E-state index contributed by atoms with van der Waals surface area (Å²) in [4.78, 5) is 22.0. The number of hydrogen-bond donors (Lipinski definition) is 0. The predicted molar refractivity (Wildman–Crippen MR) is 110 cm³/mol. The average molecular weight is 422 g/mol. The molecule has 0 bridgehead atoms. The maximum atomic E-state index is 13.1. The zero-order valence-electron chi connectivity index (χ0n) is 15.7. The normalized spacial score (nSPS) is 21.6. The Kier molecular flexibility index (Phi) is 5.39. The molecule has 2 fully saturated rings. The highest BCUT2D eigenvalue weighted by Gasteiger charge is 2.34. The van der Waals surface area contributed by atoms with Gasteiger partial charge >= 0.3 is 0 Å². The summed E-state index contributed by atoms with van der Waals surface area (Å²) in [6.07, 6.45) is 2.24. The molecule has 1 atom stereocenters. The number of carbonyl (C=O) groups is 1. The Morgan fingerprint density at radius 1 is 1.32 bits per heavy atom. The van der Waals surface area contributed by atoms with Gasteiger partial charge in [-0.15, -0.1) is 11.3 Å². The molecular weight excluding hydrogens is 398 g/mol. The second-order valence-corrected chi connectivity index (χ2v) is 10.4. The number of morpholine rings is 1. The number of amides is 1. The third-order valence-corrected chi connectivity index (χ3v) is 8.17.